The summed E-state index contributed by atoms with van der Waals surface area (Å²) in [7, 11) is 0. The minimum Gasteiger partial charge on any atom is -0.494 e. The Kier molecular flexibility index (Phi) is 2.99. The quantitative estimate of drug-likeness (QED) is 0.674. The summed E-state index contributed by atoms with van der Waals surface area (Å²) >= 11 is 6.03. The largest absolute Gasteiger partial charge is 0.494 e. The highest BCUT2D eigenvalue weighted by Gasteiger charge is 2.18. The van der Waals surface area contributed by atoms with E-state index in [1.165, 1.54) is 0 Å². The molecule has 0 radical (unpaired) electrons. The molecule has 0 saturated carbocycles. The number of nitrogens with zero attached hydrogens (tertiary/aromatic N) is 1. The number of hydrogen-bond donors (Lipinski definition) is 2. The van der Waals surface area contributed by atoms with Crippen molar-refractivity contribution in [1.29, 1.82) is 5.41 Å². The molecule has 0 aliphatic carbocycles. The number of aromatic nitrogens is 1. The molecule has 1 heterocycles. The number of aromatic hydroxyl groups is 1. The van der Waals surface area contributed by atoms with Gasteiger partial charge in [-0.1, -0.05) is 35.9 Å². The molecule has 0 spiro atoms. The third-order valence-electron chi connectivity index (χ3n) is 3.29. The molecule has 3 nitrogen and oxygen atoms in total. The van der Waals surface area contributed by atoms with Gasteiger partial charge in [-0.15, -0.1) is 0 Å². The fourth-order valence-corrected chi connectivity index (χ4v) is 2.66. The molecule has 3 aromatic rings. The van der Waals surface area contributed by atoms with Crippen molar-refractivity contribution >= 4 is 28.2 Å². The van der Waals surface area contributed by atoms with Crippen molar-refractivity contribution in [2.24, 2.45) is 0 Å². The molecule has 0 amide bonds. The summed E-state index contributed by atoms with van der Waals surface area (Å²) in [6.07, 6.45) is 0. The molecule has 2 N–H and O–H groups in total. The number of fused-ring (bicyclic) bond motifs is 1. The fraction of sp³-hybridized carbons (Fsp3) is 0.0625. The van der Waals surface area contributed by atoms with Crippen LogP contribution in [-0.2, 0) is 0 Å². The van der Waals surface area contributed by atoms with Crippen LogP contribution in [0.4, 0.5) is 0 Å². The van der Waals surface area contributed by atoms with Crippen LogP contribution in [0, 0.1) is 5.41 Å². The first-order chi connectivity index (χ1) is 9.59. The third-order valence-corrected chi connectivity index (χ3v) is 3.53. The molecule has 0 bridgehead atoms. The van der Waals surface area contributed by atoms with Crippen molar-refractivity contribution in [3.63, 3.8) is 0 Å². The van der Waals surface area contributed by atoms with Crippen LogP contribution in [-0.4, -0.2) is 15.4 Å². The second-order valence-corrected chi connectivity index (χ2v) is 5.09. The molecule has 1 aromatic heterocycles. The first-order valence-corrected chi connectivity index (χ1v) is 6.61. The van der Waals surface area contributed by atoms with Crippen molar-refractivity contribution < 1.29 is 5.11 Å². The number of benzene rings is 2. The lowest BCUT2D eigenvalue weighted by molar-refractivity contribution is 0.444. The van der Waals surface area contributed by atoms with E-state index < -0.39 is 0 Å². The van der Waals surface area contributed by atoms with Gasteiger partial charge in [-0.3, -0.25) is 4.57 Å². The average molecular weight is 285 g/mol. The molecule has 0 aliphatic rings. The van der Waals surface area contributed by atoms with E-state index in [2.05, 4.69) is 0 Å². The molecule has 3 rings (SSSR count). The van der Waals surface area contributed by atoms with Crippen LogP contribution in [0.1, 0.15) is 12.5 Å². The van der Waals surface area contributed by atoms with E-state index in [-0.39, 0.29) is 5.88 Å². The lowest BCUT2D eigenvalue weighted by Crippen LogP contribution is -1.95. The second kappa shape index (κ2) is 4.69. The zero-order valence-corrected chi connectivity index (χ0v) is 11.6. The van der Waals surface area contributed by atoms with E-state index in [1.807, 2.05) is 36.4 Å². The van der Waals surface area contributed by atoms with Crippen molar-refractivity contribution in [2.45, 2.75) is 6.92 Å². The highest BCUT2D eigenvalue weighted by Crippen LogP contribution is 2.34. The Morgan fingerprint density at radius 2 is 1.90 bits per heavy atom. The zero-order valence-electron chi connectivity index (χ0n) is 10.9. The predicted molar refractivity (Wildman–Crippen MR) is 82.5 cm³/mol. The molecule has 20 heavy (non-hydrogen) atoms. The third kappa shape index (κ3) is 1.87. The van der Waals surface area contributed by atoms with Gasteiger partial charge in [0.1, 0.15) is 0 Å². The lowest BCUT2D eigenvalue weighted by Gasteiger charge is -2.07. The smallest absolute Gasteiger partial charge is 0.206 e. The van der Waals surface area contributed by atoms with Crippen LogP contribution in [0.25, 0.3) is 16.6 Å². The molecule has 0 atom stereocenters. The van der Waals surface area contributed by atoms with Gasteiger partial charge in [0.05, 0.1) is 16.8 Å². The van der Waals surface area contributed by atoms with Gasteiger partial charge in [0.25, 0.3) is 0 Å². The maximum Gasteiger partial charge on any atom is 0.206 e. The maximum atomic E-state index is 10.5. The van der Waals surface area contributed by atoms with Gasteiger partial charge in [0.2, 0.25) is 5.88 Å². The van der Waals surface area contributed by atoms with Crippen molar-refractivity contribution in [3.8, 4) is 11.6 Å². The number of para-hydroxylation sites is 1. The Bertz CT molecular complexity index is 820. The highest BCUT2D eigenvalue weighted by molar-refractivity contribution is 6.30. The van der Waals surface area contributed by atoms with Gasteiger partial charge in [-0.05, 0) is 31.2 Å². The topological polar surface area (TPSA) is 49.0 Å². The zero-order chi connectivity index (χ0) is 14.3. The molecule has 4 heteroatoms. The first-order valence-electron chi connectivity index (χ1n) is 6.23. The number of halogens is 1. The van der Waals surface area contributed by atoms with Gasteiger partial charge >= 0.3 is 0 Å². The van der Waals surface area contributed by atoms with Crippen LogP contribution in [0.2, 0.25) is 5.02 Å². The van der Waals surface area contributed by atoms with Gasteiger partial charge < -0.3 is 10.5 Å². The summed E-state index contributed by atoms with van der Waals surface area (Å²) in [5, 5.41) is 19.8. The molecular formula is C16H13ClN2O. The monoisotopic (exact) mass is 284 g/mol. The average Bonchev–Trinajstić information content (AvgIpc) is 2.70. The summed E-state index contributed by atoms with van der Waals surface area (Å²) < 4.78 is 1.72. The Hall–Kier alpha value is -2.26. The van der Waals surface area contributed by atoms with E-state index in [0.29, 0.717) is 16.3 Å². The second-order valence-electron chi connectivity index (χ2n) is 4.66. The molecule has 0 fully saturated rings. The van der Waals surface area contributed by atoms with E-state index in [9.17, 15) is 5.11 Å². The number of rotatable bonds is 2. The Balaban J connectivity index is 2.42. The summed E-state index contributed by atoms with van der Waals surface area (Å²) in [5.74, 6) is 0.0703. The Labute approximate surface area is 121 Å². The Morgan fingerprint density at radius 3 is 2.60 bits per heavy atom. The molecular weight excluding hydrogens is 272 g/mol. The van der Waals surface area contributed by atoms with Gasteiger partial charge in [-0.25, -0.2) is 0 Å². The SMILES string of the molecule is CC(=N)c1c(O)n(-c2cccc(Cl)c2)c2ccccc12. The van der Waals surface area contributed by atoms with E-state index in [4.69, 9.17) is 17.0 Å². The summed E-state index contributed by atoms with van der Waals surface area (Å²) in [6.45, 7) is 1.67. The van der Waals surface area contributed by atoms with Crippen molar-refractivity contribution in [3.05, 3.63) is 59.1 Å². The van der Waals surface area contributed by atoms with E-state index in [0.717, 1.165) is 16.6 Å². The van der Waals surface area contributed by atoms with Crippen LogP contribution in [0.15, 0.2) is 48.5 Å². The van der Waals surface area contributed by atoms with E-state index in [1.54, 1.807) is 23.6 Å². The first kappa shape index (κ1) is 12.8. The minimum absolute atomic E-state index is 0.0703. The lowest BCUT2D eigenvalue weighted by atomic mass is 10.1. The fourth-order valence-electron chi connectivity index (χ4n) is 2.47. The molecule has 0 unspecified atom stereocenters. The van der Waals surface area contributed by atoms with E-state index >= 15 is 0 Å². The van der Waals surface area contributed by atoms with Gasteiger partial charge in [0.15, 0.2) is 0 Å². The normalized spacial score (nSPS) is 10.9. The summed E-state index contributed by atoms with van der Waals surface area (Å²) in [5.41, 5.74) is 2.52. The summed E-state index contributed by atoms with van der Waals surface area (Å²) in [4.78, 5) is 0. The number of hydrogen-bond acceptors (Lipinski definition) is 2. The van der Waals surface area contributed by atoms with Gasteiger partial charge in [0, 0.05) is 16.1 Å². The van der Waals surface area contributed by atoms with Crippen LogP contribution >= 0.6 is 11.6 Å². The summed E-state index contributed by atoms with van der Waals surface area (Å²) in [6, 6.07) is 14.9. The standard InChI is InChI=1S/C16H13ClN2O/c1-10(18)15-13-7-2-3-8-14(13)19(16(15)20)12-6-4-5-11(17)9-12/h2-9,18,20H,1H3. The van der Waals surface area contributed by atoms with Crippen LogP contribution in [0.5, 0.6) is 5.88 Å². The van der Waals surface area contributed by atoms with Gasteiger partial charge in [-0.2, -0.15) is 0 Å². The van der Waals surface area contributed by atoms with Crippen LogP contribution in [0.3, 0.4) is 0 Å². The minimum atomic E-state index is 0.0703. The number of nitrogens with one attached hydrogen (secondary N) is 1. The highest BCUT2D eigenvalue weighted by atomic mass is 35.5. The molecule has 2 aromatic carbocycles. The molecule has 100 valence electrons. The molecule has 0 aliphatic heterocycles. The van der Waals surface area contributed by atoms with Crippen molar-refractivity contribution in [2.75, 3.05) is 0 Å². The maximum absolute atomic E-state index is 10.5. The predicted octanol–water partition coefficient (Wildman–Crippen LogP) is 4.38. The van der Waals surface area contributed by atoms with Crippen molar-refractivity contribution in [1.82, 2.24) is 4.57 Å². The Morgan fingerprint density at radius 1 is 1.15 bits per heavy atom. The van der Waals surface area contributed by atoms with Crippen LogP contribution < -0.4 is 0 Å². The molecule has 0 saturated heterocycles.